The number of carbonyl (C=O) groups excluding carboxylic acids is 5. The number of rotatable bonds is 9. The van der Waals surface area contributed by atoms with Crippen molar-refractivity contribution in [2.45, 2.75) is 151 Å². The number of hydrogen-bond donors (Lipinski definition) is 3. The van der Waals surface area contributed by atoms with Gasteiger partial charge in [0, 0.05) is 19.5 Å². The molecule has 1 heterocycles. The number of ketones is 1. The predicted molar refractivity (Wildman–Crippen MR) is 172 cm³/mol. The van der Waals surface area contributed by atoms with Crippen LogP contribution in [-0.4, -0.2) is 66.4 Å². The summed E-state index contributed by atoms with van der Waals surface area (Å²) in [5, 5.41) is 5.97. The highest BCUT2D eigenvalue weighted by atomic mass is 16.2. The second-order valence-corrected chi connectivity index (χ2v) is 11.8. The second-order valence-electron chi connectivity index (χ2n) is 11.8. The first-order chi connectivity index (χ1) is 20.0. The molecule has 9 heteroatoms. The Morgan fingerprint density at radius 2 is 1.50 bits per heavy atom. The van der Waals surface area contributed by atoms with Gasteiger partial charge in [-0.3, -0.25) is 14.4 Å². The van der Waals surface area contributed by atoms with Crippen molar-refractivity contribution >= 4 is 30.3 Å². The molecule has 0 radical (unpaired) electrons. The van der Waals surface area contributed by atoms with Crippen LogP contribution in [0.15, 0.2) is 0 Å². The molecule has 3 atom stereocenters. The van der Waals surface area contributed by atoms with Crippen molar-refractivity contribution in [3.05, 3.63) is 0 Å². The Morgan fingerprint density at radius 3 is 1.88 bits per heavy atom. The quantitative estimate of drug-likeness (QED) is 0.226. The smallest absolute Gasteiger partial charge is 0.315 e. The summed E-state index contributed by atoms with van der Waals surface area (Å²) in [6.07, 6.45) is 13.8. The van der Waals surface area contributed by atoms with E-state index in [-0.39, 0.29) is 41.6 Å². The van der Waals surface area contributed by atoms with Crippen molar-refractivity contribution in [3.8, 4) is 0 Å². The van der Waals surface area contributed by atoms with E-state index in [9.17, 15) is 19.2 Å². The molecule has 0 spiro atoms. The SMILES string of the molecule is CC.CC.CC(=O)C=O.CCC(C)(C)C(NC(=O)NC1CCCCC1)C(=O)N1CC[C@H](C)C1C=O.NCCC1CCC1. The lowest BCUT2D eigenvalue weighted by atomic mass is 9.81. The van der Waals surface area contributed by atoms with Crippen LogP contribution in [0, 0.1) is 17.3 Å². The van der Waals surface area contributed by atoms with Gasteiger partial charge in [0.1, 0.15) is 12.3 Å². The molecule has 1 saturated heterocycles. The maximum absolute atomic E-state index is 13.2. The largest absolute Gasteiger partial charge is 0.335 e. The third kappa shape index (κ3) is 15.8. The third-order valence-electron chi connectivity index (χ3n) is 8.31. The number of nitrogens with zero attached hydrogens (tertiary/aromatic N) is 1. The van der Waals surface area contributed by atoms with E-state index in [0.29, 0.717) is 6.54 Å². The van der Waals surface area contributed by atoms with Gasteiger partial charge in [0.05, 0.1) is 6.04 Å². The van der Waals surface area contributed by atoms with Crippen LogP contribution in [0.25, 0.3) is 0 Å². The normalized spacial score (nSPS) is 20.6. The molecule has 0 aromatic heterocycles. The van der Waals surface area contributed by atoms with E-state index in [0.717, 1.165) is 57.3 Å². The summed E-state index contributed by atoms with van der Waals surface area (Å²) in [6.45, 7) is 18.7. The zero-order valence-corrected chi connectivity index (χ0v) is 28.3. The van der Waals surface area contributed by atoms with Crippen molar-refractivity contribution < 1.29 is 24.0 Å². The Hall–Kier alpha value is -2.29. The lowest BCUT2D eigenvalue weighted by molar-refractivity contribution is -0.139. The summed E-state index contributed by atoms with van der Waals surface area (Å²) >= 11 is 0. The minimum Gasteiger partial charge on any atom is -0.335 e. The van der Waals surface area contributed by atoms with E-state index < -0.39 is 11.8 Å². The van der Waals surface area contributed by atoms with Gasteiger partial charge < -0.3 is 26.1 Å². The van der Waals surface area contributed by atoms with Crippen LogP contribution < -0.4 is 16.4 Å². The van der Waals surface area contributed by atoms with Crippen LogP contribution in [0.4, 0.5) is 4.79 Å². The van der Waals surface area contributed by atoms with Crippen LogP contribution in [0.5, 0.6) is 0 Å². The van der Waals surface area contributed by atoms with E-state index >= 15 is 0 Å². The molecule has 9 nitrogen and oxygen atoms in total. The molecule has 3 amide bonds. The minimum absolute atomic E-state index is 0.142. The van der Waals surface area contributed by atoms with Gasteiger partial charge in [-0.1, -0.05) is 93.9 Å². The average Bonchev–Trinajstić information content (AvgIpc) is 3.36. The van der Waals surface area contributed by atoms with Gasteiger partial charge in [-0.25, -0.2) is 4.79 Å². The number of carbonyl (C=O) groups is 5. The number of hydrogen-bond acceptors (Lipinski definition) is 6. The molecule has 2 unspecified atom stereocenters. The number of nitrogens with one attached hydrogen (secondary N) is 2. The molecule has 2 saturated carbocycles. The molecular weight excluding hydrogens is 532 g/mol. The molecule has 246 valence electrons. The maximum atomic E-state index is 13.2. The summed E-state index contributed by atoms with van der Waals surface area (Å²) < 4.78 is 0. The standard InChI is InChI=1S/C20H35N3O3.C6H13N.C3H4O2.2C2H6/c1-5-20(3,4)17(18(25)23-12-11-14(2)16(23)13-24)22-19(26)21-15-9-7-6-8-10-15;7-5-4-6-2-1-3-6;1-3(5)2-4;2*1-2/h13-17H,5-12H2,1-4H3,(H2,21,22,26);6H,1-5,7H2;2H,1H3;2*1-2H3/t14-,16?,17?;;;;/m0..../s1. The lowest BCUT2D eigenvalue weighted by Crippen LogP contribution is -2.59. The molecule has 4 N–H and O–H groups in total. The number of nitrogens with two attached hydrogens (primary N) is 1. The van der Waals surface area contributed by atoms with Crippen LogP contribution in [0.1, 0.15) is 133 Å². The summed E-state index contributed by atoms with van der Waals surface area (Å²) in [6, 6.07) is -1.10. The van der Waals surface area contributed by atoms with Crippen LogP contribution in [0.2, 0.25) is 0 Å². The summed E-state index contributed by atoms with van der Waals surface area (Å²) in [5.74, 6) is 0.602. The van der Waals surface area contributed by atoms with Gasteiger partial charge in [-0.15, -0.1) is 0 Å². The Bertz CT molecular complexity index is 764. The van der Waals surface area contributed by atoms with Crippen molar-refractivity contribution in [2.24, 2.45) is 23.0 Å². The predicted octanol–water partition coefficient (Wildman–Crippen LogP) is 5.82. The highest BCUT2D eigenvalue weighted by Gasteiger charge is 2.43. The Morgan fingerprint density at radius 1 is 0.952 bits per heavy atom. The van der Waals surface area contributed by atoms with Crippen molar-refractivity contribution in [3.63, 3.8) is 0 Å². The lowest BCUT2D eigenvalue weighted by Gasteiger charge is -2.37. The van der Waals surface area contributed by atoms with Crippen molar-refractivity contribution in [2.75, 3.05) is 13.1 Å². The summed E-state index contributed by atoms with van der Waals surface area (Å²) in [4.78, 5) is 57.5. The topological polar surface area (TPSA) is 139 Å². The Kier molecular flexibility index (Phi) is 24.1. The molecule has 0 aromatic carbocycles. The van der Waals surface area contributed by atoms with Crippen LogP contribution >= 0.6 is 0 Å². The van der Waals surface area contributed by atoms with Gasteiger partial charge in [0.15, 0.2) is 12.1 Å². The molecule has 1 aliphatic heterocycles. The Balaban J connectivity index is 0. The molecule has 3 aliphatic rings. The fourth-order valence-electron chi connectivity index (χ4n) is 5.02. The van der Waals surface area contributed by atoms with E-state index in [2.05, 4.69) is 10.6 Å². The van der Waals surface area contributed by atoms with Crippen molar-refractivity contribution in [1.29, 1.82) is 0 Å². The van der Waals surface area contributed by atoms with Crippen LogP contribution in [-0.2, 0) is 19.2 Å². The number of likely N-dealkylation sites (tertiary alicyclic amines) is 1. The minimum atomic E-state index is -0.635. The maximum Gasteiger partial charge on any atom is 0.315 e. The highest BCUT2D eigenvalue weighted by molar-refractivity contribution is 6.23. The van der Waals surface area contributed by atoms with Gasteiger partial charge >= 0.3 is 6.03 Å². The highest BCUT2D eigenvalue weighted by Crippen LogP contribution is 2.30. The fraction of sp³-hybridized carbons (Fsp3) is 0.848. The first kappa shape index (κ1) is 41.8. The van der Waals surface area contributed by atoms with Crippen LogP contribution in [0.3, 0.4) is 0 Å². The van der Waals surface area contributed by atoms with Gasteiger partial charge in [-0.2, -0.15) is 0 Å². The van der Waals surface area contributed by atoms with E-state index in [4.69, 9.17) is 10.5 Å². The van der Waals surface area contributed by atoms with E-state index in [1.807, 2.05) is 55.4 Å². The third-order valence-corrected chi connectivity index (χ3v) is 8.31. The summed E-state index contributed by atoms with van der Waals surface area (Å²) in [5.41, 5.74) is 4.95. The van der Waals surface area contributed by atoms with Gasteiger partial charge in [-0.05, 0) is 55.9 Å². The molecule has 2 aliphatic carbocycles. The number of urea groups is 1. The first-order valence-electron chi connectivity index (χ1n) is 16.5. The first-order valence-corrected chi connectivity index (χ1v) is 16.5. The number of Topliss-reactive ketones (excluding diaryl/α,β-unsaturated/α-hetero) is 1. The Labute approximate surface area is 256 Å². The molecule has 3 rings (SSSR count). The number of aldehydes is 2. The van der Waals surface area contributed by atoms with E-state index in [1.165, 1.54) is 39.0 Å². The fourth-order valence-corrected chi connectivity index (χ4v) is 5.02. The molecule has 0 aromatic rings. The molecule has 42 heavy (non-hydrogen) atoms. The van der Waals surface area contributed by atoms with Gasteiger partial charge in [0.25, 0.3) is 0 Å². The molecular formula is C33H64N4O5. The van der Waals surface area contributed by atoms with E-state index in [1.54, 1.807) is 4.90 Å². The summed E-state index contributed by atoms with van der Waals surface area (Å²) in [7, 11) is 0. The number of amides is 3. The van der Waals surface area contributed by atoms with Crippen molar-refractivity contribution in [1.82, 2.24) is 15.5 Å². The molecule has 3 fully saturated rings. The average molecular weight is 597 g/mol. The van der Waals surface area contributed by atoms with Gasteiger partial charge in [0.2, 0.25) is 5.91 Å². The monoisotopic (exact) mass is 596 g/mol. The zero-order valence-electron chi connectivity index (χ0n) is 28.3. The second kappa shape index (κ2) is 24.2. The molecule has 0 bridgehead atoms. The zero-order chi connectivity index (χ0) is 32.7.